The summed E-state index contributed by atoms with van der Waals surface area (Å²) >= 11 is 1.74. The third-order valence-corrected chi connectivity index (χ3v) is 12.7. The van der Waals surface area contributed by atoms with Gasteiger partial charge in [-0.2, -0.15) is 12.1 Å². The van der Waals surface area contributed by atoms with Crippen molar-refractivity contribution in [2.75, 3.05) is 0 Å². The maximum absolute atomic E-state index is 11.0. The Morgan fingerprint density at radius 2 is 0.750 bits per heavy atom. The van der Waals surface area contributed by atoms with E-state index in [0.717, 1.165) is 34.1 Å². The molecule has 2 aliphatic carbocycles. The second-order valence-electron chi connectivity index (χ2n) is 18.0. The molecule has 0 aliphatic heterocycles. The summed E-state index contributed by atoms with van der Waals surface area (Å²) in [5.74, 6) is 1.90. The number of para-hydroxylation sites is 2. The van der Waals surface area contributed by atoms with Gasteiger partial charge in [0.25, 0.3) is 0 Å². The van der Waals surface area contributed by atoms with Crippen molar-refractivity contribution < 1.29 is 33.5 Å². The fraction of sp³-hybridized carbons (Fsp3) is 0.300. The fourth-order valence-corrected chi connectivity index (χ4v) is 9.20. The molecule has 0 aromatic heterocycles. The summed E-state index contributed by atoms with van der Waals surface area (Å²) in [4.78, 5) is 0. The Labute approximate surface area is 399 Å². The molecule has 64 heavy (non-hydrogen) atoms. The Hall–Kier alpha value is -4.76. The summed E-state index contributed by atoms with van der Waals surface area (Å²) in [5.41, 5.74) is 12.0. The van der Waals surface area contributed by atoms with Crippen molar-refractivity contribution in [3.05, 3.63) is 191 Å². The molecule has 10 rings (SSSR count). The van der Waals surface area contributed by atoms with Gasteiger partial charge in [0, 0.05) is 0 Å². The van der Waals surface area contributed by atoms with Crippen LogP contribution in [0.3, 0.4) is 0 Å². The van der Waals surface area contributed by atoms with Crippen molar-refractivity contribution in [3.63, 3.8) is 0 Å². The van der Waals surface area contributed by atoms with E-state index in [1.807, 2.05) is 64.1 Å². The van der Waals surface area contributed by atoms with Gasteiger partial charge in [0.1, 0.15) is 0 Å². The van der Waals surface area contributed by atoms with E-state index in [2.05, 4.69) is 134 Å². The molecule has 8 aromatic carbocycles. The molecule has 0 N–H and O–H groups in total. The maximum Gasteiger partial charge on any atom is -0.0279 e. The van der Waals surface area contributed by atoms with Gasteiger partial charge in [-0.05, 0) is 76.3 Å². The molecule has 0 amide bonds. The Kier molecular flexibility index (Phi) is 18.6. The third-order valence-electron chi connectivity index (χ3n) is 12.7. The Morgan fingerprint density at radius 1 is 0.438 bits per heavy atom. The van der Waals surface area contributed by atoms with Crippen LogP contribution in [-0.2, 0) is 23.3 Å². The number of benzene rings is 6. The first-order chi connectivity index (χ1) is 31.0. The van der Waals surface area contributed by atoms with Crippen LogP contribution in [0.5, 0.6) is 11.5 Å². The van der Waals surface area contributed by atoms with E-state index in [0.29, 0.717) is 0 Å². The van der Waals surface area contributed by atoms with Gasteiger partial charge in [0.15, 0.2) is 0 Å². The van der Waals surface area contributed by atoms with E-state index >= 15 is 0 Å². The van der Waals surface area contributed by atoms with E-state index in [1.54, 1.807) is 34.5 Å². The summed E-state index contributed by atoms with van der Waals surface area (Å²) in [7, 11) is 0. The first kappa shape index (κ1) is 48.7. The molecule has 0 bridgehead atoms. The van der Waals surface area contributed by atoms with Crippen molar-refractivity contribution >= 4 is 27.0 Å². The topological polar surface area (TPSA) is 46.1 Å². The number of hydrogen-bond donors (Lipinski definition) is 0. The van der Waals surface area contributed by atoms with E-state index in [-0.39, 0.29) is 16.9 Å². The Morgan fingerprint density at radius 3 is 1.06 bits per heavy atom. The minimum absolute atomic E-state index is 0.164. The zero-order chi connectivity index (χ0) is 45.4. The number of fused-ring (bicyclic) bond motifs is 2. The zero-order valence-electron chi connectivity index (χ0n) is 39.1. The Balaban J connectivity index is 0.000000147. The number of rotatable bonds is 4. The van der Waals surface area contributed by atoms with Crippen LogP contribution in [0.15, 0.2) is 158 Å². The Bertz CT molecular complexity index is 2450. The van der Waals surface area contributed by atoms with Crippen LogP contribution in [0.4, 0.5) is 0 Å². The maximum atomic E-state index is 11.0. The largest absolute Gasteiger partial charge is 0.872 e. The normalized spacial score (nSPS) is 13.9. The quantitative estimate of drug-likeness (QED) is 0.130. The second kappa shape index (κ2) is 24.5. The summed E-state index contributed by atoms with van der Waals surface area (Å²) in [5, 5.41) is 27.6. The van der Waals surface area contributed by atoms with Gasteiger partial charge in [-0.1, -0.05) is 181 Å². The van der Waals surface area contributed by atoms with Crippen LogP contribution in [0.2, 0.25) is 13.1 Å². The van der Waals surface area contributed by atoms with Crippen LogP contribution in [0.1, 0.15) is 109 Å². The molecule has 0 atom stereocenters. The molecule has 2 aliphatic rings. The average Bonchev–Trinajstić information content (AvgIpc) is 3.97. The summed E-state index contributed by atoms with van der Waals surface area (Å²) in [6, 6.07) is 55.8. The fourth-order valence-electron chi connectivity index (χ4n) is 9.20. The van der Waals surface area contributed by atoms with Gasteiger partial charge >= 0.3 is 41.9 Å². The predicted octanol–water partition coefficient (Wildman–Crippen LogP) is 16.1. The molecule has 0 heterocycles. The number of aryl methyl sites for hydroxylation is 4. The molecular weight excluding hydrogens is 872 g/mol. The first-order valence-electron chi connectivity index (χ1n) is 23.5. The van der Waals surface area contributed by atoms with Crippen molar-refractivity contribution in [1.29, 1.82) is 0 Å². The summed E-state index contributed by atoms with van der Waals surface area (Å²) in [6.07, 6.45) is 13.9. The molecular formula is C60H66O2SiZr-2. The molecule has 2 fully saturated rings. The minimum Gasteiger partial charge on any atom is -0.872 e. The van der Waals surface area contributed by atoms with Gasteiger partial charge in [-0.15, -0.1) is 80.6 Å². The SMILES string of the molecule is C[Si](C)=[Zr+2].Cc1cccc(C)c1[O-].Cc1cccc(C)c1[O-].c1ccc(-c2cccc3[cH-]c(C4CCCCC4)cc23)cc1.c1ccc(-c2cccc3[cH-]c(C4CCCCC4)cc23)cc1. The van der Waals surface area contributed by atoms with Crippen molar-refractivity contribution in [2.45, 2.75) is 117 Å². The second-order valence-corrected chi connectivity index (χ2v) is 27.4. The van der Waals surface area contributed by atoms with E-state index in [9.17, 15) is 10.2 Å². The first-order valence-corrected chi connectivity index (χ1v) is 29.7. The predicted molar refractivity (Wildman–Crippen MR) is 270 cm³/mol. The summed E-state index contributed by atoms with van der Waals surface area (Å²) < 4.78 is 0. The van der Waals surface area contributed by atoms with E-state index in [4.69, 9.17) is 0 Å². The van der Waals surface area contributed by atoms with E-state index in [1.165, 1.54) is 108 Å². The molecule has 4 heteroatoms. The molecule has 0 spiro atoms. The number of hydrogen-bond acceptors (Lipinski definition) is 2. The minimum atomic E-state index is 0.164. The average molecular weight is 938 g/mol. The van der Waals surface area contributed by atoms with Crippen LogP contribution < -0.4 is 10.2 Å². The van der Waals surface area contributed by atoms with Gasteiger partial charge < -0.3 is 10.2 Å². The molecule has 2 nitrogen and oxygen atoms in total. The molecule has 0 radical (unpaired) electrons. The molecule has 0 saturated heterocycles. The van der Waals surface area contributed by atoms with Crippen molar-refractivity contribution in [1.82, 2.24) is 0 Å². The van der Waals surface area contributed by atoms with Gasteiger partial charge in [0.05, 0.1) is 0 Å². The standard InChI is InChI=1S/2C21H21.2C8H10O.C2H6Si.Zr/c2*1-3-8-16(9-4-1)19-14-18-12-7-13-20(21(18)15-19)17-10-5-2-6-11-17;2*1-6-4-3-5-7(2)8(6)9;1-3-2;/h2*2,5-7,10-16H,1,3-4,8-9H2;2*3-5,9H,1-2H3;1-2H3;/q2*-1;;;;+2/p-2. The molecule has 0 unspecified atom stereocenters. The zero-order valence-corrected chi connectivity index (χ0v) is 42.5. The summed E-state index contributed by atoms with van der Waals surface area (Å²) in [6.45, 7) is 11.9. The third kappa shape index (κ3) is 13.6. The van der Waals surface area contributed by atoms with Crippen molar-refractivity contribution in [3.8, 4) is 33.8 Å². The van der Waals surface area contributed by atoms with Crippen LogP contribution >= 0.6 is 0 Å². The van der Waals surface area contributed by atoms with E-state index < -0.39 is 0 Å². The van der Waals surface area contributed by atoms with Crippen LogP contribution in [0.25, 0.3) is 43.8 Å². The van der Waals surface area contributed by atoms with Crippen LogP contribution in [-0.4, -0.2) is 5.43 Å². The van der Waals surface area contributed by atoms with Gasteiger partial charge in [-0.25, -0.2) is 0 Å². The molecule has 328 valence electrons. The smallest absolute Gasteiger partial charge is 0.0279 e. The van der Waals surface area contributed by atoms with Gasteiger partial charge in [-0.3, -0.25) is 0 Å². The van der Waals surface area contributed by atoms with Crippen molar-refractivity contribution in [2.24, 2.45) is 0 Å². The molecule has 2 saturated carbocycles. The monoisotopic (exact) mass is 936 g/mol. The van der Waals surface area contributed by atoms with Gasteiger partial charge in [0.2, 0.25) is 0 Å². The van der Waals surface area contributed by atoms with Crippen LogP contribution in [0, 0.1) is 27.7 Å². The molecule has 8 aromatic rings.